The topological polar surface area (TPSA) is 113 Å². The third-order valence-corrected chi connectivity index (χ3v) is 3.00. The Hall–Kier alpha value is -2.57. The number of primary amides is 1. The highest BCUT2D eigenvalue weighted by Gasteiger charge is 2.22. The van der Waals surface area contributed by atoms with Gasteiger partial charge in [-0.05, 0) is 25.5 Å². The molecule has 1 rings (SSSR count). The largest absolute Gasteiger partial charge is 0.480 e. The molecule has 0 aliphatic carbocycles. The summed E-state index contributed by atoms with van der Waals surface area (Å²) in [5.74, 6) is -1.82. The van der Waals surface area contributed by atoms with E-state index < -0.39 is 23.9 Å². The zero-order valence-electron chi connectivity index (χ0n) is 12.0. The number of urea groups is 1. The first-order chi connectivity index (χ1) is 9.81. The van der Waals surface area contributed by atoms with Crippen LogP contribution in [0.3, 0.4) is 0 Å². The monoisotopic (exact) mass is 293 g/mol. The molecule has 0 radical (unpaired) electrons. The van der Waals surface area contributed by atoms with Gasteiger partial charge in [0.15, 0.2) is 0 Å². The second kappa shape index (κ2) is 7.28. The van der Waals surface area contributed by atoms with Gasteiger partial charge in [-0.1, -0.05) is 17.7 Å². The van der Waals surface area contributed by atoms with Crippen LogP contribution in [0.25, 0.3) is 0 Å². The van der Waals surface area contributed by atoms with Crippen LogP contribution in [0.15, 0.2) is 24.3 Å². The Morgan fingerprint density at radius 2 is 1.86 bits per heavy atom. The molecule has 0 saturated heterocycles. The van der Waals surface area contributed by atoms with Crippen molar-refractivity contribution in [3.63, 3.8) is 0 Å². The molecule has 3 amide bonds. The summed E-state index contributed by atoms with van der Waals surface area (Å²) < 4.78 is 0. The van der Waals surface area contributed by atoms with Crippen LogP contribution < -0.4 is 16.0 Å². The quantitative estimate of drug-likeness (QED) is 0.722. The number of carboxylic acids is 1. The normalized spacial score (nSPS) is 11.5. The van der Waals surface area contributed by atoms with E-state index in [2.05, 4.69) is 5.32 Å². The fraction of sp³-hybridized carbons (Fsp3) is 0.357. The number of nitrogens with one attached hydrogen (secondary N) is 1. The molecule has 7 heteroatoms. The molecule has 21 heavy (non-hydrogen) atoms. The number of aryl methyl sites for hydroxylation is 1. The molecule has 0 aliphatic rings. The summed E-state index contributed by atoms with van der Waals surface area (Å²) in [4.78, 5) is 35.1. The van der Waals surface area contributed by atoms with Crippen LogP contribution in [0.5, 0.6) is 0 Å². The number of benzene rings is 1. The molecule has 0 spiro atoms. The first-order valence-electron chi connectivity index (χ1n) is 6.43. The summed E-state index contributed by atoms with van der Waals surface area (Å²) in [5.41, 5.74) is 6.67. The van der Waals surface area contributed by atoms with Crippen molar-refractivity contribution in [1.82, 2.24) is 5.32 Å². The Morgan fingerprint density at radius 3 is 2.33 bits per heavy atom. The van der Waals surface area contributed by atoms with Gasteiger partial charge in [-0.3, -0.25) is 9.69 Å². The first-order valence-corrected chi connectivity index (χ1v) is 6.43. The predicted molar refractivity (Wildman–Crippen MR) is 78.0 cm³/mol. The summed E-state index contributed by atoms with van der Waals surface area (Å²) in [7, 11) is 1.53. The van der Waals surface area contributed by atoms with Crippen molar-refractivity contribution in [2.75, 3.05) is 11.9 Å². The fourth-order valence-corrected chi connectivity index (χ4v) is 1.68. The van der Waals surface area contributed by atoms with Crippen LogP contribution in [0.1, 0.15) is 18.4 Å². The number of carboxylic acid groups (broad SMARTS) is 1. The summed E-state index contributed by atoms with van der Waals surface area (Å²) in [6.45, 7) is 1.92. The van der Waals surface area contributed by atoms with Crippen LogP contribution >= 0.6 is 0 Å². The number of anilines is 1. The SMILES string of the molecule is Cc1ccc(N(C)C(=O)N[C@@H](CCC(N)=O)C(=O)O)cc1. The Balaban J connectivity index is 2.70. The van der Waals surface area contributed by atoms with E-state index >= 15 is 0 Å². The maximum Gasteiger partial charge on any atom is 0.326 e. The van der Waals surface area contributed by atoms with Crippen LogP contribution in [-0.4, -0.2) is 36.1 Å². The second-order valence-electron chi connectivity index (χ2n) is 4.74. The van der Waals surface area contributed by atoms with Crippen molar-refractivity contribution in [1.29, 1.82) is 0 Å². The first kappa shape index (κ1) is 16.5. The zero-order chi connectivity index (χ0) is 16.0. The third-order valence-electron chi connectivity index (χ3n) is 3.00. The van der Waals surface area contributed by atoms with Gasteiger partial charge in [0.25, 0.3) is 0 Å². The van der Waals surface area contributed by atoms with E-state index in [9.17, 15) is 14.4 Å². The van der Waals surface area contributed by atoms with Gasteiger partial charge in [-0.15, -0.1) is 0 Å². The average molecular weight is 293 g/mol. The smallest absolute Gasteiger partial charge is 0.326 e. The highest BCUT2D eigenvalue weighted by molar-refractivity contribution is 5.94. The average Bonchev–Trinajstić information content (AvgIpc) is 2.42. The van der Waals surface area contributed by atoms with E-state index in [4.69, 9.17) is 10.8 Å². The lowest BCUT2D eigenvalue weighted by molar-refractivity contribution is -0.139. The van der Waals surface area contributed by atoms with Crippen molar-refractivity contribution in [2.24, 2.45) is 5.73 Å². The Bertz CT molecular complexity index is 528. The summed E-state index contributed by atoms with van der Waals surface area (Å²) in [6, 6.07) is 5.50. The molecule has 0 fully saturated rings. The van der Waals surface area contributed by atoms with Crippen LogP contribution in [-0.2, 0) is 9.59 Å². The van der Waals surface area contributed by atoms with Gasteiger partial charge in [0.2, 0.25) is 5.91 Å². The number of hydrogen-bond donors (Lipinski definition) is 3. The lowest BCUT2D eigenvalue weighted by Crippen LogP contribution is -2.47. The van der Waals surface area contributed by atoms with Crippen molar-refractivity contribution in [3.8, 4) is 0 Å². The summed E-state index contributed by atoms with van der Waals surface area (Å²) >= 11 is 0. The molecule has 0 unspecified atom stereocenters. The molecule has 7 nitrogen and oxygen atoms in total. The van der Waals surface area contributed by atoms with Gasteiger partial charge >= 0.3 is 12.0 Å². The van der Waals surface area contributed by atoms with Gasteiger partial charge in [-0.25, -0.2) is 9.59 Å². The molecule has 0 bridgehead atoms. The highest BCUT2D eigenvalue weighted by atomic mass is 16.4. The minimum Gasteiger partial charge on any atom is -0.480 e. The van der Waals surface area contributed by atoms with Crippen molar-refractivity contribution < 1.29 is 19.5 Å². The van der Waals surface area contributed by atoms with Gasteiger partial charge in [0.1, 0.15) is 6.04 Å². The van der Waals surface area contributed by atoms with Crippen LogP contribution in [0, 0.1) is 6.92 Å². The van der Waals surface area contributed by atoms with E-state index in [0.29, 0.717) is 5.69 Å². The number of carbonyl (C=O) groups excluding carboxylic acids is 2. The molecular formula is C14H19N3O4. The van der Waals surface area contributed by atoms with Gasteiger partial charge < -0.3 is 16.2 Å². The number of nitrogens with zero attached hydrogens (tertiary/aromatic N) is 1. The molecule has 4 N–H and O–H groups in total. The maximum atomic E-state index is 12.0. The predicted octanol–water partition coefficient (Wildman–Crippen LogP) is 0.860. The van der Waals surface area contributed by atoms with Crippen molar-refractivity contribution in [3.05, 3.63) is 29.8 Å². The molecule has 0 aliphatic heterocycles. The highest BCUT2D eigenvalue weighted by Crippen LogP contribution is 2.13. The van der Waals surface area contributed by atoms with Crippen molar-refractivity contribution >= 4 is 23.6 Å². The maximum absolute atomic E-state index is 12.0. The Labute approximate surface area is 122 Å². The minimum atomic E-state index is -1.21. The van der Waals surface area contributed by atoms with Crippen LogP contribution in [0.4, 0.5) is 10.5 Å². The fourth-order valence-electron chi connectivity index (χ4n) is 1.68. The molecule has 0 saturated carbocycles. The third kappa shape index (κ3) is 5.13. The van der Waals surface area contributed by atoms with E-state index in [1.165, 1.54) is 11.9 Å². The Kier molecular flexibility index (Phi) is 5.71. The van der Waals surface area contributed by atoms with Crippen LogP contribution in [0.2, 0.25) is 0 Å². The molecule has 0 heterocycles. The number of carbonyl (C=O) groups is 3. The lowest BCUT2D eigenvalue weighted by Gasteiger charge is -2.21. The molecule has 0 aromatic heterocycles. The van der Waals surface area contributed by atoms with E-state index in [1.807, 2.05) is 19.1 Å². The number of rotatable bonds is 6. The Morgan fingerprint density at radius 1 is 1.29 bits per heavy atom. The summed E-state index contributed by atoms with van der Waals surface area (Å²) in [6.07, 6.45) is -0.149. The lowest BCUT2D eigenvalue weighted by atomic mass is 10.1. The molecule has 114 valence electrons. The van der Waals surface area contributed by atoms with Gasteiger partial charge in [0.05, 0.1) is 0 Å². The number of hydrogen-bond acceptors (Lipinski definition) is 3. The minimum absolute atomic E-state index is 0.0435. The zero-order valence-corrected chi connectivity index (χ0v) is 12.0. The number of amides is 3. The van der Waals surface area contributed by atoms with Crippen molar-refractivity contribution in [2.45, 2.75) is 25.8 Å². The molecule has 1 aromatic carbocycles. The standard InChI is InChI=1S/C14H19N3O4/c1-9-3-5-10(6-4-9)17(2)14(21)16-11(13(19)20)7-8-12(15)18/h3-6,11H,7-8H2,1-2H3,(H2,15,18)(H,16,21)(H,19,20)/t11-/m0/s1. The van der Waals surface area contributed by atoms with Gasteiger partial charge in [0, 0.05) is 19.2 Å². The second-order valence-corrected chi connectivity index (χ2v) is 4.74. The van der Waals surface area contributed by atoms with E-state index in [-0.39, 0.29) is 12.8 Å². The van der Waals surface area contributed by atoms with E-state index in [0.717, 1.165) is 5.56 Å². The molecule has 1 aromatic rings. The summed E-state index contributed by atoms with van der Waals surface area (Å²) in [5, 5.41) is 11.4. The molecule has 1 atom stereocenters. The molecular weight excluding hydrogens is 274 g/mol. The van der Waals surface area contributed by atoms with E-state index in [1.54, 1.807) is 12.1 Å². The van der Waals surface area contributed by atoms with Gasteiger partial charge in [-0.2, -0.15) is 0 Å². The number of aliphatic carboxylic acids is 1. The number of nitrogens with two attached hydrogens (primary N) is 1.